The molecular formula is C43H49F2N5O3. The second kappa shape index (κ2) is 15.1. The molecule has 2 amide bonds. The van der Waals surface area contributed by atoms with E-state index in [4.69, 9.17) is 10.5 Å². The van der Waals surface area contributed by atoms with E-state index in [1.807, 2.05) is 71.6 Å². The lowest BCUT2D eigenvalue weighted by atomic mass is 9.89. The van der Waals surface area contributed by atoms with Gasteiger partial charge in [0.05, 0.1) is 12.1 Å². The van der Waals surface area contributed by atoms with Crippen molar-refractivity contribution in [2.24, 2.45) is 0 Å². The Kier molecular flexibility index (Phi) is 10.3. The van der Waals surface area contributed by atoms with Crippen molar-refractivity contribution in [2.45, 2.75) is 88.9 Å². The summed E-state index contributed by atoms with van der Waals surface area (Å²) in [6, 6.07) is 27.7. The third kappa shape index (κ3) is 7.97. The third-order valence-corrected chi connectivity index (χ3v) is 10.8. The predicted octanol–water partition coefficient (Wildman–Crippen LogP) is 9.35. The van der Waals surface area contributed by atoms with Crippen LogP contribution in [0.25, 0.3) is 0 Å². The van der Waals surface area contributed by atoms with Crippen molar-refractivity contribution in [1.29, 1.82) is 0 Å². The second-order valence-electron chi connectivity index (χ2n) is 15.6. The van der Waals surface area contributed by atoms with Gasteiger partial charge in [-0.1, -0.05) is 54.6 Å². The first kappa shape index (κ1) is 36.2. The highest BCUT2D eigenvalue weighted by atomic mass is 19.1. The summed E-state index contributed by atoms with van der Waals surface area (Å²) in [5.41, 5.74) is 10.4. The minimum Gasteiger partial charge on any atom is -0.444 e. The number of carbonyl (C=O) groups excluding carboxylic acids is 2. The summed E-state index contributed by atoms with van der Waals surface area (Å²) >= 11 is 0. The van der Waals surface area contributed by atoms with E-state index in [1.54, 1.807) is 20.8 Å². The van der Waals surface area contributed by atoms with Crippen molar-refractivity contribution >= 4 is 34.7 Å². The van der Waals surface area contributed by atoms with Crippen LogP contribution in [-0.4, -0.2) is 48.2 Å². The topological polar surface area (TPSA) is 91.1 Å². The SMILES string of the molecule is CC(C)(C)OC(=O)N1CCC[C@H]1C(=O)Nc1ccc([C@@H]2CC[C@@H](c3ccc(N)cc3)N2c2cc(F)c(N3CCC(c4ccccc4)CC3)c(F)c2)cc1. The minimum absolute atomic E-state index is 0.0348. The molecule has 3 aliphatic rings. The number of nitrogens with zero attached hydrogens (tertiary/aromatic N) is 3. The molecule has 53 heavy (non-hydrogen) atoms. The Hall–Kier alpha value is -5.12. The predicted molar refractivity (Wildman–Crippen MR) is 206 cm³/mol. The average molecular weight is 722 g/mol. The zero-order chi connectivity index (χ0) is 37.3. The van der Waals surface area contributed by atoms with Crippen LogP contribution in [0.5, 0.6) is 0 Å². The molecule has 3 atom stereocenters. The molecule has 8 nitrogen and oxygen atoms in total. The van der Waals surface area contributed by atoms with Crippen LogP contribution in [0.15, 0.2) is 91.0 Å². The van der Waals surface area contributed by atoms with Gasteiger partial charge >= 0.3 is 6.09 Å². The van der Waals surface area contributed by atoms with Gasteiger partial charge < -0.3 is 25.6 Å². The number of nitrogens with two attached hydrogens (primary N) is 1. The van der Waals surface area contributed by atoms with Crippen molar-refractivity contribution in [3.63, 3.8) is 0 Å². The first-order chi connectivity index (χ1) is 25.4. The van der Waals surface area contributed by atoms with Crippen LogP contribution in [0.3, 0.4) is 0 Å². The Morgan fingerprint density at radius 3 is 1.92 bits per heavy atom. The molecule has 7 rings (SSSR count). The Morgan fingerprint density at radius 1 is 0.755 bits per heavy atom. The van der Waals surface area contributed by atoms with Gasteiger partial charge in [0, 0.05) is 36.7 Å². The van der Waals surface area contributed by atoms with E-state index < -0.39 is 29.4 Å². The first-order valence-corrected chi connectivity index (χ1v) is 18.8. The fourth-order valence-corrected chi connectivity index (χ4v) is 8.30. The van der Waals surface area contributed by atoms with Gasteiger partial charge in [0.25, 0.3) is 0 Å². The summed E-state index contributed by atoms with van der Waals surface area (Å²) in [5, 5.41) is 2.98. The summed E-state index contributed by atoms with van der Waals surface area (Å²) < 4.78 is 37.8. The number of benzene rings is 4. The molecule has 0 bridgehead atoms. The molecule has 0 spiro atoms. The maximum atomic E-state index is 16.1. The average Bonchev–Trinajstić information content (AvgIpc) is 3.81. The molecule has 0 radical (unpaired) electrons. The Morgan fingerprint density at radius 2 is 1.34 bits per heavy atom. The quantitative estimate of drug-likeness (QED) is 0.185. The molecule has 10 heteroatoms. The van der Waals surface area contributed by atoms with Crippen molar-refractivity contribution in [2.75, 3.05) is 40.5 Å². The van der Waals surface area contributed by atoms with Gasteiger partial charge in [0.1, 0.15) is 17.3 Å². The zero-order valence-corrected chi connectivity index (χ0v) is 30.7. The van der Waals surface area contributed by atoms with E-state index in [-0.39, 0.29) is 23.7 Å². The molecule has 3 heterocycles. The summed E-state index contributed by atoms with van der Waals surface area (Å²) in [6.07, 6.45) is 3.98. The van der Waals surface area contributed by atoms with Crippen LogP contribution in [0, 0.1) is 11.6 Å². The van der Waals surface area contributed by atoms with Crippen molar-refractivity contribution in [1.82, 2.24) is 4.90 Å². The monoisotopic (exact) mass is 721 g/mol. The van der Waals surface area contributed by atoms with E-state index in [0.29, 0.717) is 49.0 Å². The lowest BCUT2D eigenvalue weighted by molar-refractivity contribution is -0.120. The van der Waals surface area contributed by atoms with E-state index in [9.17, 15) is 9.59 Å². The Labute approximate surface area is 310 Å². The molecule has 3 aliphatic heterocycles. The van der Waals surface area contributed by atoms with Crippen molar-refractivity contribution in [3.05, 3.63) is 119 Å². The van der Waals surface area contributed by atoms with E-state index >= 15 is 8.78 Å². The number of likely N-dealkylation sites (tertiary alicyclic amines) is 1. The maximum absolute atomic E-state index is 16.1. The number of hydrogen-bond acceptors (Lipinski definition) is 6. The number of amides is 2. The van der Waals surface area contributed by atoms with E-state index in [1.165, 1.54) is 22.6 Å². The lowest BCUT2D eigenvalue weighted by Gasteiger charge is -2.36. The fourth-order valence-electron chi connectivity index (χ4n) is 8.30. The molecule has 0 saturated carbocycles. The molecule has 3 N–H and O–H groups in total. The van der Waals surface area contributed by atoms with Crippen LogP contribution < -0.4 is 20.9 Å². The van der Waals surface area contributed by atoms with Crippen LogP contribution >= 0.6 is 0 Å². The van der Waals surface area contributed by atoms with Gasteiger partial charge in [-0.25, -0.2) is 13.6 Å². The van der Waals surface area contributed by atoms with Crippen molar-refractivity contribution in [3.8, 4) is 0 Å². The number of ether oxygens (including phenoxy) is 1. The Bertz CT molecular complexity index is 1880. The highest BCUT2D eigenvalue weighted by molar-refractivity contribution is 5.97. The zero-order valence-electron chi connectivity index (χ0n) is 30.7. The number of nitrogens with one attached hydrogen (secondary N) is 1. The number of anilines is 4. The number of rotatable bonds is 7. The largest absolute Gasteiger partial charge is 0.444 e. The number of halogens is 2. The molecule has 0 aromatic heterocycles. The van der Waals surface area contributed by atoms with Gasteiger partial charge in [-0.15, -0.1) is 0 Å². The Balaban J connectivity index is 1.11. The van der Waals surface area contributed by atoms with Crippen LogP contribution in [0.4, 0.5) is 36.3 Å². The highest BCUT2D eigenvalue weighted by Crippen LogP contribution is 2.48. The summed E-state index contributed by atoms with van der Waals surface area (Å²) in [4.78, 5) is 31.6. The third-order valence-electron chi connectivity index (χ3n) is 10.8. The second-order valence-corrected chi connectivity index (χ2v) is 15.6. The minimum atomic E-state index is -0.656. The summed E-state index contributed by atoms with van der Waals surface area (Å²) in [7, 11) is 0. The molecule has 4 aromatic carbocycles. The molecular weight excluding hydrogens is 673 g/mol. The van der Waals surface area contributed by atoms with Gasteiger partial charge in [-0.2, -0.15) is 0 Å². The van der Waals surface area contributed by atoms with E-state index in [0.717, 1.165) is 43.2 Å². The summed E-state index contributed by atoms with van der Waals surface area (Å²) in [6.45, 7) is 7.04. The molecule has 0 aliphatic carbocycles. The lowest BCUT2D eigenvalue weighted by Crippen LogP contribution is -2.45. The molecule has 3 fully saturated rings. The molecule has 0 unspecified atom stereocenters. The fraction of sp³-hybridized carbons (Fsp3) is 0.395. The van der Waals surface area contributed by atoms with Gasteiger partial charge in [-0.05, 0) is 118 Å². The highest BCUT2D eigenvalue weighted by Gasteiger charge is 2.38. The van der Waals surface area contributed by atoms with Crippen molar-refractivity contribution < 1.29 is 23.1 Å². The number of nitrogen functional groups attached to an aromatic ring is 1. The molecule has 278 valence electrons. The number of piperidine rings is 1. The summed E-state index contributed by atoms with van der Waals surface area (Å²) in [5.74, 6) is -1.02. The standard InChI is InChI=1S/C43H49F2N5O3/c1-43(2,3)53-42(52)49-23-7-10-39(49)41(51)47-33-17-13-31(14-18-33)38-20-19-37(30-11-15-32(46)16-12-30)50(38)34-26-35(44)40(36(45)27-34)48-24-21-29(22-25-48)28-8-5-4-6-9-28/h4-6,8-9,11-18,26-27,29,37-39H,7,10,19-25,46H2,1-3H3,(H,47,51)/t37-,38-,39-/m0/s1. The molecule has 3 saturated heterocycles. The molecule has 4 aromatic rings. The normalized spacial score (nSPS) is 20.8. The van der Waals surface area contributed by atoms with Gasteiger partial charge in [-0.3, -0.25) is 9.69 Å². The van der Waals surface area contributed by atoms with Crippen LogP contribution in [-0.2, 0) is 9.53 Å². The van der Waals surface area contributed by atoms with Gasteiger partial charge in [0.2, 0.25) is 5.91 Å². The smallest absolute Gasteiger partial charge is 0.410 e. The van der Waals surface area contributed by atoms with Crippen LogP contribution in [0.2, 0.25) is 0 Å². The van der Waals surface area contributed by atoms with Gasteiger partial charge in [0.15, 0.2) is 11.6 Å². The number of hydrogen-bond donors (Lipinski definition) is 2. The van der Waals surface area contributed by atoms with Crippen LogP contribution in [0.1, 0.15) is 94.0 Å². The number of carbonyl (C=O) groups is 2. The van der Waals surface area contributed by atoms with E-state index in [2.05, 4.69) is 22.3 Å². The first-order valence-electron chi connectivity index (χ1n) is 18.8. The maximum Gasteiger partial charge on any atom is 0.410 e.